The van der Waals surface area contributed by atoms with E-state index in [1.807, 2.05) is 24.3 Å². The largest absolute Gasteiger partial charge is 0.464 e. The Morgan fingerprint density at radius 3 is 2.28 bits per heavy atom. The molecule has 0 saturated carbocycles. The molecule has 1 fully saturated rings. The number of benzene rings is 2. The molecule has 0 spiro atoms. The average molecular weight is 428 g/mol. The standard InChI is InChI=1S/C25H24N4O3/c1-31-24(30)23-16-22(27-25(26)28-23)21-10-8-19(9-11-21)3-2-18-4-6-20(7-5-18)17-29-12-14-32-15-13-29/h4-11,16H,12-15,17H2,1H3,(H2,26,27,28). The first-order valence-corrected chi connectivity index (χ1v) is 10.3. The summed E-state index contributed by atoms with van der Waals surface area (Å²) in [6.07, 6.45) is 0. The Labute approximate surface area is 187 Å². The van der Waals surface area contributed by atoms with Gasteiger partial charge < -0.3 is 15.2 Å². The van der Waals surface area contributed by atoms with Gasteiger partial charge in [0.15, 0.2) is 5.69 Å². The minimum atomic E-state index is -0.557. The number of ether oxygens (including phenoxy) is 2. The van der Waals surface area contributed by atoms with Crippen LogP contribution in [0.4, 0.5) is 5.95 Å². The molecule has 1 aliphatic rings. The Bertz CT molecular complexity index is 1140. The van der Waals surface area contributed by atoms with Crippen LogP contribution in [0.25, 0.3) is 11.3 Å². The number of nitrogens with two attached hydrogens (primary N) is 1. The maximum absolute atomic E-state index is 11.8. The first kappa shape index (κ1) is 21.5. The van der Waals surface area contributed by atoms with E-state index in [4.69, 9.17) is 15.2 Å². The van der Waals surface area contributed by atoms with Gasteiger partial charge in [-0.3, -0.25) is 4.90 Å². The molecule has 0 aliphatic carbocycles. The number of carbonyl (C=O) groups is 1. The van der Waals surface area contributed by atoms with Crippen LogP contribution in [0.15, 0.2) is 54.6 Å². The van der Waals surface area contributed by atoms with Gasteiger partial charge in [0.25, 0.3) is 0 Å². The van der Waals surface area contributed by atoms with Crippen LogP contribution in [0.3, 0.4) is 0 Å². The molecule has 7 heteroatoms. The van der Waals surface area contributed by atoms with E-state index in [1.165, 1.54) is 12.7 Å². The quantitative estimate of drug-likeness (QED) is 0.505. The van der Waals surface area contributed by atoms with Crippen molar-refractivity contribution in [1.29, 1.82) is 0 Å². The number of carbonyl (C=O) groups excluding carboxylic acids is 1. The van der Waals surface area contributed by atoms with Gasteiger partial charge in [0, 0.05) is 36.3 Å². The number of hydrogen-bond donors (Lipinski definition) is 1. The van der Waals surface area contributed by atoms with Gasteiger partial charge in [-0.05, 0) is 35.9 Å². The van der Waals surface area contributed by atoms with E-state index in [9.17, 15) is 4.79 Å². The summed E-state index contributed by atoms with van der Waals surface area (Å²) < 4.78 is 10.1. The lowest BCUT2D eigenvalue weighted by Gasteiger charge is -2.26. The number of nitrogens with zero attached hydrogens (tertiary/aromatic N) is 3. The van der Waals surface area contributed by atoms with Crippen LogP contribution < -0.4 is 5.73 Å². The van der Waals surface area contributed by atoms with Crippen molar-refractivity contribution in [1.82, 2.24) is 14.9 Å². The lowest BCUT2D eigenvalue weighted by atomic mass is 10.1. The van der Waals surface area contributed by atoms with Crippen LogP contribution >= 0.6 is 0 Å². The summed E-state index contributed by atoms with van der Waals surface area (Å²) in [7, 11) is 1.30. The van der Waals surface area contributed by atoms with Crippen molar-refractivity contribution < 1.29 is 14.3 Å². The highest BCUT2D eigenvalue weighted by Crippen LogP contribution is 2.19. The van der Waals surface area contributed by atoms with Gasteiger partial charge in [-0.25, -0.2) is 14.8 Å². The van der Waals surface area contributed by atoms with Crippen LogP contribution in [-0.4, -0.2) is 54.3 Å². The maximum atomic E-state index is 11.8. The van der Waals surface area contributed by atoms with Crippen molar-refractivity contribution in [3.63, 3.8) is 0 Å². The van der Waals surface area contributed by atoms with Gasteiger partial charge in [-0.1, -0.05) is 36.1 Å². The van der Waals surface area contributed by atoms with Gasteiger partial charge in [0.2, 0.25) is 5.95 Å². The molecule has 0 atom stereocenters. The predicted octanol–water partition coefficient (Wildman–Crippen LogP) is 2.74. The monoisotopic (exact) mass is 428 g/mol. The molecule has 2 heterocycles. The highest BCUT2D eigenvalue weighted by Gasteiger charge is 2.12. The Balaban J connectivity index is 1.43. The number of nitrogen functional groups attached to an aromatic ring is 1. The summed E-state index contributed by atoms with van der Waals surface area (Å²) in [4.78, 5) is 22.3. The number of hydrogen-bond acceptors (Lipinski definition) is 7. The third-order valence-electron chi connectivity index (χ3n) is 5.13. The van der Waals surface area contributed by atoms with E-state index >= 15 is 0 Å². The minimum Gasteiger partial charge on any atom is -0.464 e. The summed E-state index contributed by atoms with van der Waals surface area (Å²) in [5.74, 6) is 5.84. The lowest BCUT2D eigenvalue weighted by Crippen LogP contribution is -2.35. The van der Waals surface area contributed by atoms with Crippen molar-refractivity contribution in [2.75, 3.05) is 39.1 Å². The smallest absolute Gasteiger partial charge is 0.356 e. The number of methoxy groups -OCH3 is 1. The Hall–Kier alpha value is -3.73. The van der Waals surface area contributed by atoms with Crippen LogP contribution in [0.5, 0.6) is 0 Å². The van der Waals surface area contributed by atoms with E-state index < -0.39 is 5.97 Å². The van der Waals surface area contributed by atoms with Gasteiger partial charge >= 0.3 is 5.97 Å². The van der Waals surface area contributed by atoms with Crippen molar-refractivity contribution in [3.05, 3.63) is 77.0 Å². The van der Waals surface area contributed by atoms with E-state index in [1.54, 1.807) is 6.07 Å². The average Bonchev–Trinajstić information content (AvgIpc) is 2.83. The van der Waals surface area contributed by atoms with Crippen LogP contribution in [0, 0.1) is 11.8 Å². The molecule has 1 saturated heterocycles. The second-order valence-electron chi connectivity index (χ2n) is 7.40. The summed E-state index contributed by atoms with van der Waals surface area (Å²) in [6, 6.07) is 17.5. The third kappa shape index (κ3) is 5.49. The van der Waals surface area contributed by atoms with Crippen molar-refractivity contribution in [3.8, 4) is 23.1 Å². The molecule has 7 nitrogen and oxygen atoms in total. The summed E-state index contributed by atoms with van der Waals surface area (Å²) in [5, 5.41) is 0. The maximum Gasteiger partial charge on any atom is 0.356 e. The first-order chi connectivity index (χ1) is 15.6. The molecule has 4 rings (SSSR count). The van der Waals surface area contributed by atoms with Crippen molar-refractivity contribution in [2.24, 2.45) is 0 Å². The fourth-order valence-corrected chi connectivity index (χ4v) is 3.40. The Morgan fingerprint density at radius 2 is 1.66 bits per heavy atom. The molecular weight excluding hydrogens is 404 g/mol. The number of rotatable bonds is 4. The molecule has 0 unspecified atom stereocenters. The summed E-state index contributed by atoms with van der Waals surface area (Å²) in [5.41, 5.74) is 10.3. The summed E-state index contributed by atoms with van der Waals surface area (Å²) >= 11 is 0. The zero-order valence-electron chi connectivity index (χ0n) is 17.9. The highest BCUT2D eigenvalue weighted by molar-refractivity contribution is 5.88. The first-order valence-electron chi connectivity index (χ1n) is 10.3. The molecule has 2 aromatic carbocycles. The van der Waals surface area contributed by atoms with Gasteiger partial charge in [0.05, 0.1) is 26.0 Å². The second kappa shape index (κ2) is 10.1. The molecule has 1 aromatic heterocycles. The van der Waals surface area contributed by atoms with Crippen LogP contribution in [-0.2, 0) is 16.0 Å². The zero-order valence-corrected chi connectivity index (χ0v) is 17.9. The van der Waals surface area contributed by atoms with E-state index in [-0.39, 0.29) is 11.6 Å². The molecule has 2 N–H and O–H groups in total. The molecule has 32 heavy (non-hydrogen) atoms. The van der Waals surface area contributed by atoms with E-state index in [0.29, 0.717) is 5.69 Å². The normalized spacial score (nSPS) is 13.8. The minimum absolute atomic E-state index is 0.0174. The molecule has 3 aromatic rings. The second-order valence-corrected chi connectivity index (χ2v) is 7.40. The third-order valence-corrected chi connectivity index (χ3v) is 5.13. The van der Waals surface area contributed by atoms with Gasteiger partial charge in [-0.2, -0.15) is 0 Å². The molecule has 162 valence electrons. The highest BCUT2D eigenvalue weighted by atomic mass is 16.5. The van der Waals surface area contributed by atoms with Crippen LogP contribution in [0.2, 0.25) is 0 Å². The Morgan fingerprint density at radius 1 is 1.03 bits per heavy atom. The van der Waals surface area contributed by atoms with Gasteiger partial charge in [-0.15, -0.1) is 0 Å². The van der Waals surface area contributed by atoms with E-state index in [0.717, 1.165) is 49.5 Å². The fraction of sp³-hybridized carbons (Fsp3) is 0.240. The van der Waals surface area contributed by atoms with Crippen molar-refractivity contribution >= 4 is 11.9 Å². The molecular formula is C25H24N4O3. The topological polar surface area (TPSA) is 90.6 Å². The van der Waals surface area contributed by atoms with Crippen molar-refractivity contribution in [2.45, 2.75) is 6.54 Å². The van der Waals surface area contributed by atoms with Crippen LogP contribution in [0.1, 0.15) is 27.2 Å². The lowest BCUT2D eigenvalue weighted by molar-refractivity contribution is 0.0342. The number of aromatic nitrogens is 2. The van der Waals surface area contributed by atoms with Gasteiger partial charge in [0.1, 0.15) is 0 Å². The SMILES string of the molecule is COC(=O)c1cc(-c2ccc(C#Cc3ccc(CN4CCOCC4)cc3)cc2)nc(N)n1. The zero-order chi connectivity index (χ0) is 22.3. The fourth-order valence-electron chi connectivity index (χ4n) is 3.40. The number of morpholine rings is 1. The predicted molar refractivity (Wildman–Crippen MR) is 122 cm³/mol. The summed E-state index contributed by atoms with van der Waals surface area (Å²) in [6.45, 7) is 4.49. The number of anilines is 1. The molecule has 1 aliphatic heterocycles. The molecule has 0 radical (unpaired) electrons. The number of esters is 1. The molecule has 0 amide bonds. The molecule has 0 bridgehead atoms. The Kier molecular flexibility index (Phi) is 6.75. The van der Waals surface area contributed by atoms with E-state index in [2.05, 4.69) is 51.0 Å².